The van der Waals surface area contributed by atoms with Crippen LogP contribution in [0, 0.1) is 10.1 Å². The lowest BCUT2D eigenvalue weighted by molar-refractivity contribution is -0.384. The van der Waals surface area contributed by atoms with E-state index in [0.29, 0.717) is 18.9 Å². The summed E-state index contributed by atoms with van der Waals surface area (Å²) in [6.45, 7) is 4.40. The van der Waals surface area contributed by atoms with Crippen LogP contribution in [0.15, 0.2) is 18.2 Å². The number of non-ortho nitro benzene ring substituents is 1. The molecular weight excluding hydrogens is 342 g/mol. The van der Waals surface area contributed by atoms with E-state index in [1.165, 1.54) is 23.1 Å². The van der Waals surface area contributed by atoms with Crippen LogP contribution in [-0.4, -0.2) is 60.1 Å². The first kappa shape index (κ1) is 18.1. The number of hydrogen-bond acceptors (Lipinski definition) is 6. The third kappa shape index (κ3) is 3.48. The summed E-state index contributed by atoms with van der Waals surface area (Å²) < 4.78 is 10.9. The smallest absolute Gasteiger partial charge is 0.271 e. The lowest BCUT2D eigenvalue weighted by atomic mass is 10.1. The molecule has 9 nitrogen and oxygen atoms in total. The van der Waals surface area contributed by atoms with Gasteiger partial charge in [0.05, 0.1) is 29.4 Å². The highest BCUT2D eigenvalue weighted by Crippen LogP contribution is 2.35. The molecule has 0 aromatic heterocycles. The van der Waals surface area contributed by atoms with E-state index in [-0.39, 0.29) is 42.6 Å². The maximum absolute atomic E-state index is 12.9. The number of rotatable bonds is 4. The van der Waals surface area contributed by atoms with Crippen LogP contribution >= 0.6 is 0 Å². The Kier molecular flexibility index (Phi) is 5.08. The predicted octanol–water partition coefficient (Wildman–Crippen LogP) is 1.35. The van der Waals surface area contributed by atoms with Crippen LogP contribution in [0.25, 0.3) is 0 Å². The highest BCUT2D eigenvalue weighted by Gasteiger charge is 2.34. The van der Waals surface area contributed by atoms with E-state index in [1.54, 1.807) is 4.90 Å². The van der Waals surface area contributed by atoms with Gasteiger partial charge in [-0.1, -0.05) is 6.92 Å². The van der Waals surface area contributed by atoms with Crippen molar-refractivity contribution in [2.24, 2.45) is 0 Å². The van der Waals surface area contributed by atoms with Crippen LogP contribution in [0.3, 0.4) is 0 Å². The zero-order valence-electron chi connectivity index (χ0n) is 14.7. The molecule has 1 saturated heterocycles. The van der Waals surface area contributed by atoms with Crippen molar-refractivity contribution in [2.45, 2.75) is 32.4 Å². The first-order chi connectivity index (χ1) is 12.4. The second-order valence-corrected chi connectivity index (χ2v) is 6.43. The number of nitrogens with zero attached hydrogens (tertiary/aromatic N) is 3. The first-order valence-electron chi connectivity index (χ1n) is 8.53. The minimum Gasteiger partial charge on any atom is -0.482 e. The Morgan fingerprint density at radius 2 is 2.19 bits per heavy atom. The molecule has 2 heterocycles. The van der Waals surface area contributed by atoms with Gasteiger partial charge in [-0.3, -0.25) is 24.6 Å². The molecule has 0 aliphatic carbocycles. The predicted molar refractivity (Wildman–Crippen MR) is 92.2 cm³/mol. The van der Waals surface area contributed by atoms with Gasteiger partial charge < -0.3 is 14.4 Å². The van der Waals surface area contributed by atoms with Crippen LogP contribution in [0.2, 0.25) is 0 Å². The summed E-state index contributed by atoms with van der Waals surface area (Å²) in [4.78, 5) is 38.6. The van der Waals surface area contributed by atoms with Crippen molar-refractivity contribution in [3.05, 3.63) is 28.3 Å². The lowest BCUT2D eigenvalue weighted by Gasteiger charge is -2.39. The summed E-state index contributed by atoms with van der Waals surface area (Å²) in [6.07, 6.45) is 0.674. The molecule has 0 bridgehead atoms. The Morgan fingerprint density at radius 3 is 2.88 bits per heavy atom. The summed E-state index contributed by atoms with van der Waals surface area (Å²) >= 11 is 0. The standard InChI is InChI=1S/C17H21N3O6/c1-3-12-9-25-11(2)7-18(12)16(21)8-19-14-6-13(20(23)24)4-5-15(14)26-10-17(19)22/h4-6,11-12H,3,7-10H2,1-2H3/t11-,12-/m1/s1. The molecule has 0 radical (unpaired) electrons. The highest BCUT2D eigenvalue weighted by molar-refractivity contribution is 6.02. The molecule has 9 heteroatoms. The molecule has 2 atom stereocenters. The van der Waals surface area contributed by atoms with E-state index < -0.39 is 10.8 Å². The summed E-state index contributed by atoms with van der Waals surface area (Å²) in [5, 5.41) is 11.0. The van der Waals surface area contributed by atoms with Gasteiger partial charge in [-0.15, -0.1) is 0 Å². The molecule has 26 heavy (non-hydrogen) atoms. The number of hydrogen-bond donors (Lipinski definition) is 0. The van der Waals surface area contributed by atoms with E-state index in [9.17, 15) is 19.7 Å². The van der Waals surface area contributed by atoms with Crippen LogP contribution in [-0.2, 0) is 14.3 Å². The minimum atomic E-state index is -0.546. The number of nitro benzene ring substituents is 1. The molecule has 2 aliphatic heterocycles. The van der Waals surface area contributed by atoms with Gasteiger partial charge in [0.1, 0.15) is 12.3 Å². The molecular formula is C17H21N3O6. The number of morpholine rings is 1. The number of ether oxygens (including phenoxy) is 2. The van der Waals surface area contributed by atoms with E-state index in [1.807, 2.05) is 13.8 Å². The number of carbonyl (C=O) groups is 2. The third-order valence-electron chi connectivity index (χ3n) is 4.65. The van der Waals surface area contributed by atoms with Gasteiger partial charge in [-0.2, -0.15) is 0 Å². The average Bonchev–Trinajstić information content (AvgIpc) is 2.63. The van der Waals surface area contributed by atoms with Crippen molar-refractivity contribution in [2.75, 3.05) is 31.2 Å². The Bertz CT molecular complexity index is 737. The molecule has 2 aliphatic rings. The van der Waals surface area contributed by atoms with Gasteiger partial charge >= 0.3 is 0 Å². The van der Waals surface area contributed by atoms with Crippen molar-refractivity contribution < 1.29 is 24.0 Å². The number of benzene rings is 1. The first-order valence-corrected chi connectivity index (χ1v) is 8.53. The van der Waals surface area contributed by atoms with Crippen LogP contribution in [0.4, 0.5) is 11.4 Å². The molecule has 1 fully saturated rings. The molecule has 3 rings (SSSR count). The average molecular weight is 363 g/mol. The Hall–Kier alpha value is -2.68. The number of fused-ring (bicyclic) bond motifs is 1. The molecule has 2 amide bonds. The SMILES string of the molecule is CC[C@@H]1CO[C@H](C)CN1C(=O)CN1C(=O)COc2ccc([N+](=O)[O-])cc21. The van der Waals surface area contributed by atoms with Gasteiger partial charge in [0, 0.05) is 18.7 Å². The van der Waals surface area contributed by atoms with Crippen molar-refractivity contribution in [3.63, 3.8) is 0 Å². The van der Waals surface area contributed by atoms with Crippen LogP contribution < -0.4 is 9.64 Å². The van der Waals surface area contributed by atoms with Crippen molar-refractivity contribution >= 4 is 23.2 Å². The summed E-state index contributed by atoms with van der Waals surface area (Å²) in [7, 11) is 0. The second-order valence-electron chi connectivity index (χ2n) is 6.43. The molecule has 1 aromatic rings. The highest BCUT2D eigenvalue weighted by atomic mass is 16.6. The van der Waals surface area contributed by atoms with Crippen molar-refractivity contribution in [1.29, 1.82) is 0 Å². The van der Waals surface area contributed by atoms with E-state index >= 15 is 0 Å². The summed E-state index contributed by atoms with van der Waals surface area (Å²) in [5.74, 6) is -0.259. The number of carbonyl (C=O) groups excluding carboxylic acids is 2. The fraction of sp³-hybridized carbons (Fsp3) is 0.529. The molecule has 0 saturated carbocycles. The lowest BCUT2D eigenvalue weighted by Crippen LogP contribution is -2.55. The molecule has 140 valence electrons. The monoisotopic (exact) mass is 363 g/mol. The van der Waals surface area contributed by atoms with E-state index in [0.717, 1.165) is 6.42 Å². The number of nitro groups is 1. The van der Waals surface area contributed by atoms with Gasteiger partial charge in [0.15, 0.2) is 6.61 Å². The molecule has 1 aromatic carbocycles. The van der Waals surface area contributed by atoms with Gasteiger partial charge in [-0.25, -0.2) is 0 Å². The van der Waals surface area contributed by atoms with Crippen molar-refractivity contribution in [1.82, 2.24) is 4.90 Å². The Morgan fingerprint density at radius 1 is 1.42 bits per heavy atom. The maximum Gasteiger partial charge on any atom is 0.271 e. The molecule has 0 unspecified atom stereocenters. The molecule has 0 spiro atoms. The molecule has 0 N–H and O–H groups in total. The summed E-state index contributed by atoms with van der Waals surface area (Å²) in [5.41, 5.74) is 0.0871. The van der Waals surface area contributed by atoms with E-state index in [4.69, 9.17) is 9.47 Å². The normalized spacial score (nSPS) is 22.6. The third-order valence-corrected chi connectivity index (χ3v) is 4.65. The van der Waals surface area contributed by atoms with Crippen molar-refractivity contribution in [3.8, 4) is 5.75 Å². The topological polar surface area (TPSA) is 102 Å². The van der Waals surface area contributed by atoms with Gasteiger partial charge in [-0.05, 0) is 19.4 Å². The Balaban J connectivity index is 1.85. The zero-order chi connectivity index (χ0) is 18.8. The Labute approximate surface area is 150 Å². The number of anilines is 1. The number of amides is 2. The fourth-order valence-electron chi connectivity index (χ4n) is 3.19. The van der Waals surface area contributed by atoms with Crippen LogP contribution in [0.1, 0.15) is 20.3 Å². The van der Waals surface area contributed by atoms with Gasteiger partial charge in [0.25, 0.3) is 11.6 Å². The summed E-state index contributed by atoms with van der Waals surface area (Å²) in [6, 6.07) is 3.98. The van der Waals surface area contributed by atoms with Gasteiger partial charge in [0.2, 0.25) is 5.91 Å². The quantitative estimate of drug-likeness (QED) is 0.591. The van der Waals surface area contributed by atoms with E-state index in [2.05, 4.69) is 0 Å². The largest absolute Gasteiger partial charge is 0.482 e. The van der Waals surface area contributed by atoms with Crippen LogP contribution in [0.5, 0.6) is 5.75 Å². The zero-order valence-corrected chi connectivity index (χ0v) is 14.7. The second kappa shape index (κ2) is 7.28. The minimum absolute atomic E-state index is 0.0422. The maximum atomic E-state index is 12.9. The fourth-order valence-corrected chi connectivity index (χ4v) is 3.19.